The van der Waals surface area contributed by atoms with Crippen molar-refractivity contribution in [2.24, 2.45) is 0 Å². The third-order valence-corrected chi connectivity index (χ3v) is 0.139. The standard InChI is InChI=1S/C3H2FO/c4-2-1-3-5/h2H2. The van der Waals surface area contributed by atoms with E-state index in [2.05, 4.69) is 0 Å². The second-order valence-corrected chi connectivity index (χ2v) is 0.412. The monoisotopic (exact) mass is 73.0 g/mol. The van der Waals surface area contributed by atoms with Gasteiger partial charge in [-0.1, -0.05) is 0 Å². The molecule has 0 fully saturated rings. The van der Waals surface area contributed by atoms with Gasteiger partial charge in [0.2, 0.25) is 0 Å². The van der Waals surface area contributed by atoms with E-state index in [4.69, 9.17) is 5.11 Å². The van der Waals surface area contributed by atoms with Gasteiger partial charge in [-0.3, -0.25) is 0 Å². The van der Waals surface area contributed by atoms with Crippen molar-refractivity contribution in [2.75, 3.05) is 6.67 Å². The maximum atomic E-state index is 10.6. The average Bonchev–Trinajstić information content (AvgIpc) is 1.41. The summed E-state index contributed by atoms with van der Waals surface area (Å²) >= 11 is 0. The van der Waals surface area contributed by atoms with Crippen molar-refractivity contribution < 1.29 is 9.50 Å². The van der Waals surface area contributed by atoms with E-state index < -0.39 is 6.67 Å². The zero-order valence-electron chi connectivity index (χ0n) is 2.49. The van der Waals surface area contributed by atoms with Crippen LogP contribution in [0.1, 0.15) is 0 Å². The molecule has 0 spiro atoms. The molecule has 0 amide bonds. The van der Waals surface area contributed by atoms with Crippen molar-refractivity contribution >= 4 is 0 Å². The largest absolute Gasteiger partial charge is 0.237 e. The lowest BCUT2D eigenvalue weighted by molar-refractivity contribution is 0.389. The summed E-state index contributed by atoms with van der Waals surface area (Å²) in [5, 5.41) is 8.93. The summed E-state index contributed by atoms with van der Waals surface area (Å²) in [7, 11) is 0. The first kappa shape index (κ1) is 4.29. The molecule has 2 heteroatoms. The molecule has 0 saturated carbocycles. The molecular formula is C3H2FO. The number of hydrogen-bond acceptors (Lipinski definition) is 0. The topological polar surface area (TPSA) is 19.9 Å². The van der Waals surface area contributed by atoms with Crippen LogP contribution in [0.2, 0.25) is 0 Å². The third kappa shape index (κ3) is 3.29. The molecule has 5 heavy (non-hydrogen) atoms. The summed E-state index contributed by atoms with van der Waals surface area (Å²) in [4.78, 5) is 0. The fourth-order valence-electron chi connectivity index (χ4n) is 0.0273. The molecule has 0 aromatic carbocycles. The van der Waals surface area contributed by atoms with Gasteiger partial charge in [0.25, 0.3) is 0 Å². The van der Waals surface area contributed by atoms with Crippen molar-refractivity contribution in [2.45, 2.75) is 0 Å². The molecular weight excluding hydrogens is 71.0 g/mol. The van der Waals surface area contributed by atoms with Gasteiger partial charge >= 0.3 is 0 Å². The lowest BCUT2D eigenvalue weighted by Gasteiger charge is -1.51. The lowest BCUT2D eigenvalue weighted by Crippen LogP contribution is -1.56. The van der Waals surface area contributed by atoms with E-state index in [0.29, 0.717) is 0 Å². The van der Waals surface area contributed by atoms with Gasteiger partial charge in [0.05, 0.1) is 0 Å². The van der Waals surface area contributed by atoms with Crippen molar-refractivity contribution in [3.63, 3.8) is 0 Å². The molecule has 0 aliphatic rings. The molecule has 0 unspecified atom stereocenters. The van der Waals surface area contributed by atoms with E-state index in [1.807, 2.05) is 0 Å². The van der Waals surface area contributed by atoms with Crippen LogP contribution in [0, 0.1) is 12.0 Å². The van der Waals surface area contributed by atoms with Crippen LogP contribution >= 0.6 is 0 Å². The van der Waals surface area contributed by atoms with Crippen molar-refractivity contribution in [3.8, 4) is 12.0 Å². The van der Waals surface area contributed by atoms with Crippen LogP contribution in [0.3, 0.4) is 0 Å². The number of rotatable bonds is 0. The molecule has 0 saturated heterocycles. The van der Waals surface area contributed by atoms with E-state index in [0.717, 1.165) is 6.11 Å². The molecule has 1 nitrogen and oxygen atoms in total. The Morgan fingerprint density at radius 1 is 1.80 bits per heavy atom. The normalized spacial score (nSPS) is 5.00. The number of halogens is 1. The second-order valence-electron chi connectivity index (χ2n) is 0.412. The zero-order valence-corrected chi connectivity index (χ0v) is 2.49. The van der Waals surface area contributed by atoms with E-state index >= 15 is 0 Å². The number of hydrogen-bond donors (Lipinski definition) is 0. The van der Waals surface area contributed by atoms with Crippen LogP contribution in [0.5, 0.6) is 0 Å². The van der Waals surface area contributed by atoms with Crippen LogP contribution in [0.15, 0.2) is 0 Å². The Balaban J connectivity index is 2.81. The molecule has 0 atom stereocenters. The first-order chi connectivity index (χ1) is 2.41. The molecule has 0 aliphatic carbocycles. The summed E-state index contributed by atoms with van der Waals surface area (Å²) in [6.07, 6.45) is 1.14. The maximum Gasteiger partial charge on any atom is 0.175 e. The van der Waals surface area contributed by atoms with E-state index in [1.165, 1.54) is 0 Å². The van der Waals surface area contributed by atoms with Crippen molar-refractivity contribution in [3.05, 3.63) is 0 Å². The van der Waals surface area contributed by atoms with Gasteiger partial charge in [0.1, 0.15) is 0 Å². The Morgan fingerprint density at radius 3 is 2.40 bits per heavy atom. The van der Waals surface area contributed by atoms with Crippen molar-refractivity contribution in [1.29, 1.82) is 0 Å². The highest BCUT2D eigenvalue weighted by Gasteiger charge is 1.56. The first-order valence-corrected chi connectivity index (χ1v) is 1.07. The van der Waals surface area contributed by atoms with E-state index in [-0.39, 0.29) is 0 Å². The highest BCUT2D eigenvalue weighted by Crippen LogP contribution is 1.54. The summed E-state index contributed by atoms with van der Waals surface area (Å²) in [6, 6.07) is 0. The zero-order chi connectivity index (χ0) is 4.12. The van der Waals surface area contributed by atoms with Gasteiger partial charge in [-0.2, -0.15) is 0 Å². The van der Waals surface area contributed by atoms with Gasteiger partial charge in [-0.25, -0.2) is 9.50 Å². The van der Waals surface area contributed by atoms with Crippen LogP contribution in [-0.4, -0.2) is 6.67 Å². The predicted molar refractivity (Wildman–Crippen MR) is 14.4 cm³/mol. The lowest BCUT2D eigenvalue weighted by atomic mass is 10.8. The van der Waals surface area contributed by atoms with E-state index in [9.17, 15) is 4.39 Å². The van der Waals surface area contributed by atoms with Crippen LogP contribution in [0.4, 0.5) is 4.39 Å². The quantitative estimate of drug-likeness (QED) is 0.369. The minimum Gasteiger partial charge on any atom is -0.237 e. The molecule has 27 valence electrons. The van der Waals surface area contributed by atoms with Gasteiger partial charge in [-0.15, -0.1) is 0 Å². The second kappa shape index (κ2) is 3.29. The summed E-state index contributed by atoms with van der Waals surface area (Å²) in [5.74, 6) is 1.64. The first-order valence-electron chi connectivity index (χ1n) is 1.07. The average molecular weight is 73.0 g/mol. The molecule has 0 aliphatic heterocycles. The van der Waals surface area contributed by atoms with Gasteiger partial charge in [0.15, 0.2) is 12.8 Å². The molecule has 0 N–H and O–H groups in total. The molecule has 0 rings (SSSR count). The highest BCUT2D eigenvalue weighted by atomic mass is 19.1. The van der Waals surface area contributed by atoms with Gasteiger partial charge < -0.3 is 0 Å². The smallest absolute Gasteiger partial charge is 0.175 e. The summed E-state index contributed by atoms with van der Waals surface area (Å²) < 4.78 is 10.6. The molecule has 0 aromatic rings. The molecule has 0 aromatic heterocycles. The SMILES string of the molecule is [O]C#CCF. The summed E-state index contributed by atoms with van der Waals surface area (Å²) in [5.41, 5.74) is 0. The number of alkyl halides is 1. The van der Waals surface area contributed by atoms with Gasteiger partial charge in [-0.05, 0) is 5.92 Å². The minimum atomic E-state index is -0.830. The van der Waals surface area contributed by atoms with Crippen LogP contribution in [-0.2, 0) is 5.11 Å². The Kier molecular flexibility index (Phi) is 2.82. The molecule has 0 bridgehead atoms. The van der Waals surface area contributed by atoms with Crippen LogP contribution < -0.4 is 0 Å². The highest BCUT2D eigenvalue weighted by molar-refractivity contribution is 4.87. The molecule has 1 radical (unpaired) electrons. The Bertz CT molecular complexity index is 59.0. The Hall–Kier alpha value is -0.710. The fraction of sp³-hybridized carbons (Fsp3) is 0.333. The summed E-state index contributed by atoms with van der Waals surface area (Å²) in [6.45, 7) is -0.830. The predicted octanol–water partition coefficient (Wildman–Crippen LogP) is 0.347. The third-order valence-electron chi connectivity index (χ3n) is 0.139. The van der Waals surface area contributed by atoms with Crippen LogP contribution in [0.25, 0.3) is 0 Å². The van der Waals surface area contributed by atoms with Crippen molar-refractivity contribution in [1.82, 2.24) is 0 Å². The Labute approximate surface area is 29.4 Å². The maximum absolute atomic E-state index is 10.6. The minimum absolute atomic E-state index is 0.830. The molecule has 0 heterocycles. The fourth-order valence-corrected chi connectivity index (χ4v) is 0.0273. The van der Waals surface area contributed by atoms with E-state index in [1.54, 1.807) is 5.92 Å². The van der Waals surface area contributed by atoms with Gasteiger partial charge in [0, 0.05) is 0 Å². The Morgan fingerprint density at radius 2 is 2.40 bits per heavy atom.